The number of hydrogen-bond donors (Lipinski definition) is 0. The Hall–Kier alpha value is -4.27. The Kier molecular flexibility index (Phi) is 6.27. The number of ether oxygens (including phenoxy) is 3. The predicted molar refractivity (Wildman–Crippen MR) is 119 cm³/mol. The molecule has 0 aliphatic heterocycles. The Morgan fingerprint density at radius 1 is 0.971 bits per heavy atom. The number of esters is 1. The first-order valence-corrected chi connectivity index (χ1v) is 9.97. The van der Waals surface area contributed by atoms with E-state index in [0.717, 1.165) is 10.8 Å². The smallest absolute Gasteiger partial charge is 0.503 e. The van der Waals surface area contributed by atoms with Crippen molar-refractivity contribution in [1.29, 1.82) is 0 Å². The summed E-state index contributed by atoms with van der Waals surface area (Å²) in [5.74, 6) is -0.426. The average molecular weight is 469 g/mol. The molecular formula is C25H18F3NO5. The molecular weight excluding hydrogens is 451 g/mol. The maximum atomic E-state index is 12.4. The molecule has 34 heavy (non-hydrogen) atoms. The first-order valence-electron chi connectivity index (χ1n) is 9.97. The summed E-state index contributed by atoms with van der Waals surface area (Å²) in [7, 11) is 2.73. The number of carbonyl (C=O) groups is 1. The fraction of sp³-hybridized carbons (Fsp3) is 0.120. The molecule has 0 amide bonds. The highest BCUT2D eigenvalue weighted by atomic mass is 19.4. The molecule has 0 N–H and O–H groups in total. The highest BCUT2D eigenvalue weighted by Crippen LogP contribution is 2.33. The van der Waals surface area contributed by atoms with Crippen molar-refractivity contribution in [3.05, 3.63) is 78.6 Å². The lowest BCUT2D eigenvalue weighted by Gasteiger charge is -2.10. The fourth-order valence-corrected chi connectivity index (χ4v) is 3.48. The molecule has 0 aliphatic rings. The molecule has 3 aromatic carbocycles. The van der Waals surface area contributed by atoms with E-state index >= 15 is 0 Å². The summed E-state index contributed by atoms with van der Waals surface area (Å²) in [6.45, 7) is 0. The molecule has 0 fully saturated rings. The van der Waals surface area contributed by atoms with Gasteiger partial charge in [0, 0.05) is 17.2 Å². The number of halogens is 3. The largest absolute Gasteiger partial charge is 0.573 e. The van der Waals surface area contributed by atoms with Gasteiger partial charge >= 0.3 is 12.3 Å². The van der Waals surface area contributed by atoms with Gasteiger partial charge in [-0.2, -0.15) is 0 Å². The quantitative estimate of drug-likeness (QED) is 0.190. The van der Waals surface area contributed by atoms with Gasteiger partial charge in [0.1, 0.15) is 17.0 Å². The lowest BCUT2D eigenvalue weighted by atomic mass is 9.96. The maximum Gasteiger partial charge on any atom is 0.573 e. The van der Waals surface area contributed by atoms with E-state index in [-0.39, 0.29) is 11.3 Å². The summed E-state index contributed by atoms with van der Waals surface area (Å²) in [6.07, 6.45) is -3.43. The second kappa shape index (κ2) is 9.30. The molecule has 4 rings (SSSR count). The minimum absolute atomic E-state index is 0.257. The van der Waals surface area contributed by atoms with Gasteiger partial charge in [-0.15, -0.1) is 13.2 Å². The standard InChI is InChI=1S/C25H18F3NO5/c1-31-14-21(24(30)32-2)19-5-3-4-15-6-7-17(12-20(15)19)23-13-22(29-34-23)16-8-10-18(11-9-16)33-25(26,27)28/h3-14H,1-2H3/b21-14+. The van der Waals surface area contributed by atoms with Crippen molar-refractivity contribution >= 4 is 22.3 Å². The Morgan fingerprint density at radius 2 is 1.71 bits per heavy atom. The molecule has 1 aromatic heterocycles. The number of alkyl halides is 3. The zero-order chi connectivity index (χ0) is 24.3. The summed E-state index contributed by atoms with van der Waals surface area (Å²) < 4.78 is 56.4. The van der Waals surface area contributed by atoms with Gasteiger partial charge < -0.3 is 18.7 Å². The van der Waals surface area contributed by atoms with Gasteiger partial charge in [-0.25, -0.2) is 4.79 Å². The van der Waals surface area contributed by atoms with E-state index in [4.69, 9.17) is 14.0 Å². The molecule has 174 valence electrons. The van der Waals surface area contributed by atoms with Crippen molar-refractivity contribution in [2.45, 2.75) is 6.36 Å². The second-order valence-electron chi connectivity index (χ2n) is 7.15. The molecule has 0 spiro atoms. The number of nitrogens with zero attached hydrogens (tertiary/aromatic N) is 1. The fourth-order valence-electron chi connectivity index (χ4n) is 3.48. The van der Waals surface area contributed by atoms with Gasteiger partial charge in [0.2, 0.25) is 0 Å². The van der Waals surface area contributed by atoms with Gasteiger partial charge in [-0.05, 0) is 46.7 Å². The lowest BCUT2D eigenvalue weighted by molar-refractivity contribution is -0.274. The van der Waals surface area contributed by atoms with Crippen molar-refractivity contribution in [3.63, 3.8) is 0 Å². The summed E-state index contributed by atoms with van der Waals surface area (Å²) in [6, 6.07) is 18.1. The number of fused-ring (bicyclic) bond motifs is 1. The van der Waals surface area contributed by atoms with Crippen molar-refractivity contribution in [2.24, 2.45) is 0 Å². The minimum atomic E-state index is -4.76. The number of carbonyl (C=O) groups excluding carboxylic acids is 1. The van der Waals surface area contributed by atoms with Crippen LogP contribution in [0.1, 0.15) is 5.56 Å². The normalized spacial score (nSPS) is 12.0. The van der Waals surface area contributed by atoms with Crippen molar-refractivity contribution in [1.82, 2.24) is 5.16 Å². The number of rotatable bonds is 6. The van der Waals surface area contributed by atoms with Gasteiger partial charge in [-0.3, -0.25) is 0 Å². The molecule has 0 radical (unpaired) electrons. The molecule has 9 heteroatoms. The van der Waals surface area contributed by atoms with Gasteiger partial charge in [-0.1, -0.05) is 35.5 Å². The number of hydrogen-bond acceptors (Lipinski definition) is 6. The van der Waals surface area contributed by atoms with Crippen molar-refractivity contribution in [3.8, 4) is 28.3 Å². The third-order valence-corrected chi connectivity index (χ3v) is 4.99. The Labute approximate surface area is 192 Å². The molecule has 0 saturated heterocycles. The van der Waals surface area contributed by atoms with Gasteiger partial charge in [0.05, 0.1) is 20.5 Å². The second-order valence-corrected chi connectivity index (χ2v) is 7.15. The SMILES string of the molecule is CO/C=C(/C(=O)OC)c1cccc2ccc(-c3cc(-c4ccc(OC(F)(F)F)cc4)no3)cc12. The minimum Gasteiger partial charge on any atom is -0.503 e. The average Bonchev–Trinajstić information content (AvgIpc) is 3.31. The van der Waals surface area contributed by atoms with E-state index in [1.54, 1.807) is 12.1 Å². The monoisotopic (exact) mass is 469 g/mol. The van der Waals surface area contributed by atoms with E-state index in [2.05, 4.69) is 9.89 Å². The molecule has 1 heterocycles. The van der Waals surface area contributed by atoms with E-state index < -0.39 is 12.3 Å². The molecule has 0 unspecified atom stereocenters. The molecule has 4 aromatic rings. The molecule has 6 nitrogen and oxygen atoms in total. The van der Waals surface area contributed by atoms with Crippen LogP contribution in [0, 0.1) is 0 Å². The van der Waals surface area contributed by atoms with Crippen molar-refractivity contribution in [2.75, 3.05) is 14.2 Å². The van der Waals surface area contributed by atoms with E-state index in [0.29, 0.717) is 28.1 Å². The topological polar surface area (TPSA) is 70.8 Å². The van der Waals surface area contributed by atoms with Gasteiger partial charge in [0.15, 0.2) is 5.76 Å². The first kappa shape index (κ1) is 22.9. The van der Waals surface area contributed by atoms with E-state index in [9.17, 15) is 18.0 Å². The summed E-state index contributed by atoms with van der Waals surface area (Å²) in [5.41, 5.74) is 2.57. The Balaban J connectivity index is 1.69. The number of benzene rings is 3. The summed E-state index contributed by atoms with van der Waals surface area (Å²) in [4.78, 5) is 12.3. The van der Waals surface area contributed by atoms with Crippen LogP contribution in [0.25, 0.3) is 38.9 Å². The summed E-state index contributed by atoms with van der Waals surface area (Å²) in [5, 5.41) is 5.68. The number of methoxy groups -OCH3 is 2. The third kappa shape index (κ3) is 4.88. The third-order valence-electron chi connectivity index (χ3n) is 4.99. The van der Waals surface area contributed by atoms with Crippen LogP contribution in [-0.2, 0) is 14.3 Å². The Bertz CT molecular complexity index is 1360. The van der Waals surface area contributed by atoms with Crippen LogP contribution in [0.5, 0.6) is 5.75 Å². The lowest BCUT2D eigenvalue weighted by Crippen LogP contribution is -2.16. The van der Waals surface area contributed by atoms with Crippen LogP contribution in [0.15, 0.2) is 77.5 Å². The molecule has 0 bridgehead atoms. The van der Waals surface area contributed by atoms with Crippen LogP contribution in [0.3, 0.4) is 0 Å². The highest BCUT2D eigenvalue weighted by Gasteiger charge is 2.31. The van der Waals surface area contributed by atoms with Gasteiger partial charge in [0.25, 0.3) is 0 Å². The first-order chi connectivity index (χ1) is 16.3. The zero-order valence-corrected chi connectivity index (χ0v) is 18.1. The Morgan fingerprint density at radius 3 is 2.38 bits per heavy atom. The van der Waals surface area contributed by atoms with E-state index in [1.165, 1.54) is 44.7 Å². The van der Waals surface area contributed by atoms with Crippen LogP contribution < -0.4 is 4.74 Å². The maximum absolute atomic E-state index is 12.4. The van der Waals surface area contributed by atoms with Crippen LogP contribution in [0.2, 0.25) is 0 Å². The zero-order valence-electron chi connectivity index (χ0n) is 18.1. The van der Waals surface area contributed by atoms with E-state index in [1.807, 2.05) is 30.3 Å². The molecule has 0 aliphatic carbocycles. The van der Waals surface area contributed by atoms with Crippen LogP contribution in [0.4, 0.5) is 13.2 Å². The van der Waals surface area contributed by atoms with Crippen LogP contribution >= 0.6 is 0 Å². The molecule has 0 atom stereocenters. The highest BCUT2D eigenvalue weighted by molar-refractivity contribution is 6.20. The summed E-state index contributed by atoms with van der Waals surface area (Å²) >= 11 is 0. The van der Waals surface area contributed by atoms with Crippen LogP contribution in [-0.4, -0.2) is 31.7 Å². The molecule has 0 saturated carbocycles. The van der Waals surface area contributed by atoms with Crippen molar-refractivity contribution < 1.29 is 36.7 Å². The predicted octanol–water partition coefficient (Wildman–Crippen LogP) is 6.22. The number of aromatic nitrogens is 1.